The molecule has 0 bridgehead atoms. The summed E-state index contributed by atoms with van der Waals surface area (Å²) in [5.74, 6) is -1.93. The van der Waals surface area contributed by atoms with Crippen LogP contribution in [0.2, 0.25) is 0 Å². The van der Waals surface area contributed by atoms with Crippen molar-refractivity contribution >= 4 is 46.9 Å². The van der Waals surface area contributed by atoms with Crippen molar-refractivity contribution in [3.8, 4) is 0 Å². The maximum atomic E-state index is 13.1. The van der Waals surface area contributed by atoms with Gasteiger partial charge >= 0.3 is 12.1 Å². The first-order valence-corrected chi connectivity index (χ1v) is 15.3. The third kappa shape index (κ3) is 14.2. The van der Waals surface area contributed by atoms with Gasteiger partial charge in [-0.15, -0.1) is 11.3 Å². The van der Waals surface area contributed by atoms with Crippen LogP contribution in [0, 0.1) is 18.8 Å². The van der Waals surface area contributed by atoms with Gasteiger partial charge in [0.05, 0.1) is 30.7 Å². The number of methoxy groups -OCH3 is 1. The Bertz CT molecular complexity index is 1100. The van der Waals surface area contributed by atoms with Crippen LogP contribution < -0.4 is 20.9 Å². The first kappa shape index (κ1) is 37.8. The number of hydrogen-bond acceptors (Lipinski definition) is 10. The van der Waals surface area contributed by atoms with E-state index < -0.39 is 72.6 Å². The Kier molecular flexibility index (Phi) is 15.1. The predicted octanol–water partition coefficient (Wildman–Crippen LogP) is 2.68. The molecular formula is C29H49N5O8S. The molecule has 4 N–H and O–H groups in total. The molecule has 0 spiro atoms. The summed E-state index contributed by atoms with van der Waals surface area (Å²) in [6.07, 6.45) is -1.73. The highest BCUT2D eigenvalue weighted by Crippen LogP contribution is 2.21. The largest absolute Gasteiger partial charge is 0.467 e. The summed E-state index contributed by atoms with van der Waals surface area (Å²) in [4.78, 5) is 68.9. The van der Waals surface area contributed by atoms with E-state index in [-0.39, 0.29) is 17.7 Å². The number of amides is 4. The Balaban J connectivity index is 2.91. The number of rotatable bonds is 15. The van der Waals surface area contributed by atoms with E-state index in [1.807, 2.05) is 27.7 Å². The normalized spacial score (nSPS) is 14.3. The summed E-state index contributed by atoms with van der Waals surface area (Å²) in [6.45, 7) is 15.6. The zero-order chi connectivity index (χ0) is 33.1. The molecule has 0 saturated carbocycles. The molecule has 14 heteroatoms. The number of esters is 1. The van der Waals surface area contributed by atoms with E-state index in [0.717, 1.165) is 4.90 Å². The van der Waals surface area contributed by atoms with Gasteiger partial charge in [-0.05, 0) is 59.3 Å². The Morgan fingerprint density at radius 3 is 2.07 bits per heavy atom. The number of aliphatic hydroxyl groups excluding tert-OH is 1. The van der Waals surface area contributed by atoms with E-state index in [0.29, 0.717) is 17.8 Å². The Labute approximate surface area is 258 Å². The zero-order valence-electron chi connectivity index (χ0n) is 27.0. The molecule has 0 fully saturated rings. The molecule has 4 amide bonds. The lowest BCUT2D eigenvalue weighted by atomic mass is 9.97. The van der Waals surface area contributed by atoms with Crippen LogP contribution in [0.25, 0.3) is 0 Å². The van der Waals surface area contributed by atoms with Crippen LogP contribution in [-0.4, -0.2) is 83.4 Å². The molecule has 13 nitrogen and oxygen atoms in total. The molecule has 43 heavy (non-hydrogen) atoms. The maximum absolute atomic E-state index is 13.1. The highest BCUT2D eigenvalue weighted by Gasteiger charge is 2.31. The lowest BCUT2D eigenvalue weighted by Gasteiger charge is -2.28. The molecule has 0 aliphatic carbocycles. The molecule has 0 saturated heterocycles. The van der Waals surface area contributed by atoms with Crippen molar-refractivity contribution in [2.75, 3.05) is 18.6 Å². The van der Waals surface area contributed by atoms with E-state index in [2.05, 4.69) is 20.9 Å². The number of carbonyl (C=O) groups excluding carboxylic acids is 5. The monoisotopic (exact) mass is 627 g/mol. The first-order chi connectivity index (χ1) is 19.8. The van der Waals surface area contributed by atoms with Crippen molar-refractivity contribution in [3.63, 3.8) is 0 Å². The molecule has 244 valence electrons. The van der Waals surface area contributed by atoms with E-state index >= 15 is 0 Å². The molecule has 0 aliphatic heterocycles. The molecule has 1 rings (SSSR count). The van der Waals surface area contributed by atoms with Crippen LogP contribution in [0.1, 0.15) is 79.7 Å². The lowest BCUT2D eigenvalue weighted by Crippen LogP contribution is -2.53. The number of thiazole rings is 1. The van der Waals surface area contributed by atoms with Crippen molar-refractivity contribution in [1.29, 1.82) is 0 Å². The van der Waals surface area contributed by atoms with Gasteiger partial charge in [-0.2, -0.15) is 0 Å². The van der Waals surface area contributed by atoms with E-state index in [1.165, 1.54) is 25.4 Å². The smallest absolute Gasteiger partial charge is 0.416 e. The summed E-state index contributed by atoms with van der Waals surface area (Å²) in [5.41, 5.74) is -0.802. The standard InChI is InChI=1S/C29H49N5O8S/c1-16(2)11-20(32-25(37)14-34(23-15-43-19(6)31-23)28(40)42-29(7,8)9)22(35)13-24(36)30-18(5)26(38)33-21(12-17(3)4)27(39)41-10/h15-18,20-22,35H,11-14H2,1-10H3,(H,30,36)(H,32,37)(H,33,38)/t18-,20?,21+,22-/m0/s1. The summed E-state index contributed by atoms with van der Waals surface area (Å²) < 4.78 is 10.2. The van der Waals surface area contributed by atoms with Crippen molar-refractivity contribution in [3.05, 3.63) is 10.4 Å². The predicted molar refractivity (Wildman–Crippen MR) is 163 cm³/mol. The van der Waals surface area contributed by atoms with E-state index in [4.69, 9.17) is 9.47 Å². The number of aromatic nitrogens is 1. The van der Waals surface area contributed by atoms with Crippen LogP contribution in [-0.2, 0) is 28.7 Å². The molecule has 0 aliphatic rings. The highest BCUT2D eigenvalue weighted by molar-refractivity contribution is 7.09. The maximum Gasteiger partial charge on any atom is 0.416 e. The van der Waals surface area contributed by atoms with Gasteiger partial charge in [0.1, 0.15) is 30.0 Å². The van der Waals surface area contributed by atoms with Gasteiger partial charge in [0.15, 0.2) is 0 Å². The van der Waals surface area contributed by atoms with Crippen molar-refractivity contribution < 1.29 is 38.6 Å². The Morgan fingerprint density at radius 1 is 0.977 bits per heavy atom. The van der Waals surface area contributed by atoms with Gasteiger partial charge in [0.25, 0.3) is 0 Å². The molecule has 1 aromatic heterocycles. The molecule has 1 aromatic rings. The molecule has 4 atom stereocenters. The van der Waals surface area contributed by atoms with Gasteiger partial charge in [-0.25, -0.2) is 14.6 Å². The van der Waals surface area contributed by atoms with Crippen molar-refractivity contribution in [1.82, 2.24) is 20.9 Å². The number of ether oxygens (including phenoxy) is 2. The van der Waals surface area contributed by atoms with Crippen LogP contribution in [0.5, 0.6) is 0 Å². The van der Waals surface area contributed by atoms with Crippen molar-refractivity contribution in [2.45, 2.75) is 111 Å². The molecule has 0 radical (unpaired) electrons. The molecule has 1 heterocycles. The summed E-state index contributed by atoms with van der Waals surface area (Å²) in [5, 5.41) is 21.2. The van der Waals surface area contributed by atoms with Crippen LogP contribution in [0.15, 0.2) is 5.38 Å². The van der Waals surface area contributed by atoms with Gasteiger partial charge in [0.2, 0.25) is 17.7 Å². The lowest BCUT2D eigenvalue weighted by molar-refractivity contribution is -0.145. The van der Waals surface area contributed by atoms with Crippen molar-refractivity contribution in [2.24, 2.45) is 11.8 Å². The topological polar surface area (TPSA) is 176 Å². The van der Waals surface area contributed by atoms with Crippen LogP contribution >= 0.6 is 11.3 Å². The third-order valence-corrected chi connectivity index (χ3v) is 6.77. The Morgan fingerprint density at radius 2 is 1.58 bits per heavy atom. The number of aryl methyl sites for hydroxylation is 1. The average molecular weight is 628 g/mol. The molecule has 1 unspecified atom stereocenters. The first-order valence-electron chi connectivity index (χ1n) is 14.4. The molecular weight excluding hydrogens is 578 g/mol. The number of hydrogen-bond donors (Lipinski definition) is 4. The number of nitrogens with one attached hydrogen (secondary N) is 3. The van der Waals surface area contributed by atoms with Gasteiger partial charge in [-0.3, -0.25) is 19.3 Å². The second-order valence-corrected chi connectivity index (χ2v) is 13.4. The quantitative estimate of drug-likeness (QED) is 0.213. The minimum Gasteiger partial charge on any atom is -0.467 e. The molecule has 0 aromatic carbocycles. The van der Waals surface area contributed by atoms with Crippen LogP contribution in [0.3, 0.4) is 0 Å². The van der Waals surface area contributed by atoms with Gasteiger partial charge < -0.3 is 30.5 Å². The van der Waals surface area contributed by atoms with E-state index in [9.17, 15) is 29.1 Å². The number of aliphatic hydroxyl groups is 1. The number of carbonyl (C=O) groups is 5. The van der Waals surface area contributed by atoms with Gasteiger partial charge in [-0.1, -0.05) is 27.7 Å². The average Bonchev–Trinajstić information content (AvgIpc) is 3.29. The third-order valence-electron chi connectivity index (χ3n) is 6.01. The highest BCUT2D eigenvalue weighted by atomic mass is 32.1. The number of nitrogens with zero attached hydrogens (tertiary/aromatic N) is 2. The summed E-state index contributed by atoms with van der Waals surface area (Å²) >= 11 is 1.32. The zero-order valence-corrected chi connectivity index (χ0v) is 27.8. The summed E-state index contributed by atoms with van der Waals surface area (Å²) in [6, 6.07) is -2.68. The van der Waals surface area contributed by atoms with E-state index in [1.54, 1.807) is 33.1 Å². The second-order valence-electron chi connectivity index (χ2n) is 12.4. The van der Waals surface area contributed by atoms with Crippen LogP contribution in [0.4, 0.5) is 10.6 Å². The fraction of sp³-hybridized carbons (Fsp3) is 0.724. The second kappa shape index (κ2) is 17.1. The number of anilines is 1. The minimum absolute atomic E-state index is 0.0482. The SMILES string of the molecule is COC(=O)[C@@H](CC(C)C)NC(=O)[C@H](C)NC(=O)C[C@H](O)C(CC(C)C)NC(=O)CN(C(=O)OC(C)(C)C)c1csc(C)n1. The Hall–Kier alpha value is -3.26. The summed E-state index contributed by atoms with van der Waals surface area (Å²) in [7, 11) is 1.23. The minimum atomic E-state index is -1.29. The fourth-order valence-electron chi connectivity index (χ4n) is 4.07. The van der Waals surface area contributed by atoms with Gasteiger partial charge in [0, 0.05) is 5.38 Å². The fourth-order valence-corrected chi connectivity index (χ4v) is 4.67.